The zero-order valence-corrected chi connectivity index (χ0v) is 14.7. The first-order valence-corrected chi connectivity index (χ1v) is 9.19. The molecule has 1 aromatic carbocycles. The molecule has 23 heavy (non-hydrogen) atoms. The summed E-state index contributed by atoms with van der Waals surface area (Å²) in [5.74, 6) is 0.260. The smallest absolute Gasteiger partial charge is 0.222 e. The number of H-pyrrole nitrogens is 1. The van der Waals surface area contributed by atoms with Crippen LogP contribution >= 0.6 is 15.9 Å². The number of ether oxygens (including phenoxy) is 1. The summed E-state index contributed by atoms with van der Waals surface area (Å²) < 4.78 is 6.71. The lowest BCUT2D eigenvalue weighted by molar-refractivity contribution is -0.132. The molecule has 0 spiro atoms. The van der Waals surface area contributed by atoms with Crippen LogP contribution in [0, 0.1) is 0 Å². The zero-order valence-electron chi connectivity index (χ0n) is 13.1. The number of amides is 1. The Hall–Kier alpha value is -1.33. The normalized spacial score (nSPS) is 20.9. The largest absolute Gasteiger partial charge is 0.378 e. The summed E-state index contributed by atoms with van der Waals surface area (Å²) in [5, 5.41) is 1.23. The Morgan fingerprint density at radius 2 is 2.35 bits per heavy atom. The van der Waals surface area contributed by atoms with Gasteiger partial charge in [-0.25, -0.2) is 0 Å². The maximum atomic E-state index is 12.5. The number of aromatic nitrogens is 1. The van der Waals surface area contributed by atoms with Crippen molar-refractivity contribution in [1.82, 2.24) is 9.88 Å². The molecule has 0 saturated carbocycles. The summed E-state index contributed by atoms with van der Waals surface area (Å²) in [4.78, 5) is 18.1. The van der Waals surface area contributed by atoms with Gasteiger partial charge < -0.3 is 14.6 Å². The van der Waals surface area contributed by atoms with E-state index < -0.39 is 0 Å². The number of carbonyl (C=O) groups excluding carboxylic acids is 1. The third-order valence-electron chi connectivity index (χ3n) is 5.02. The van der Waals surface area contributed by atoms with E-state index in [4.69, 9.17) is 4.74 Å². The number of halogens is 1. The molecule has 5 heteroatoms. The highest BCUT2D eigenvalue weighted by Crippen LogP contribution is 2.32. The first-order valence-electron chi connectivity index (χ1n) is 8.39. The number of fused-ring (bicyclic) bond motifs is 3. The minimum absolute atomic E-state index is 0.260. The highest BCUT2D eigenvalue weighted by Gasteiger charge is 2.25. The van der Waals surface area contributed by atoms with Crippen molar-refractivity contribution in [2.75, 3.05) is 13.2 Å². The molecule has 3 heterocycles. The predicted molar refractivity (Wildman–Crippen MR) is 93.3 cm³/mol. The van der Waals surface area contributed by atoms with Crippen LogP contribution in [0.3, 0.4) is 0 Å². The molecule has 0 aliphatic carbocycles. The van der Waals surface area contributed by atoms with Crippen LogP contribution in [-0.4, -0.2) is 35.0 Å². The van der Waals surface area contributed by atoms with E-state index in [1.807, 2.05) is 4.90 Å². The molecule has 0 radical (unpaired) electrons. The fourth-order valence-corrected chi connectivity index (χ4v) is 4.20. The molecule has 1 N–H and O–H groups in total. The van der Waals surface area contributed by atoms with E-state index in [0.717, 1.165) is 55.4 Å². The SMILES string of the molecule is O=C(CCC1CCCO1)N1CCc2[nH]c3c(Br)cccc3c2C1. The molecule has 2 aromatic rings. The number of rotatable bonds is 3. The van der Waals surface area contributed by atoms with Gasteiger partial charge in [-0.1, -0.05) is 12.1 Å². The van der Waals surface area contributed by atoms with Crippen LogP contribution in [0.2, 0.25) is 0 Å². The van der Waals surface area contributed by atoms with Crippen molar-refractivity contribution in [3.8, 4) is 0 Å². The molecule has 2 aliphatic rings. The number of benzene rings is 1. The lowest BCUT2D eigenvalue weighted by Crippen LogP contribution is -2.36. The molecule has 1 amide bonds. The highest BCUT2D eigenvalue weighted by molar-refractivity contribution is 9.10. The van der Waals surface area contributed by atoms with Crippen LogP contribution in [0.25, 0.3) is 10.9 Å². The molecule has 1 atom stereocenters. The van der Waals surface area contributed by atoms with Crippen molar-refractivity contribution < 1.29 is 9.53 Å². The summed E-state index contributed by atoms with van der Waals surface area (Å²) in [5.41, 5.74) is 3.69. The number of hydrogen-bond donors (Lipinski definition) is 1. The molecule has 4 nitrogen and oxygen atoms in total. The van der Waals surface area contributed by atoms with E-state index in [-0.39, 0.29) is 5.91 Å². The van der Waals surface area contributed by atoms with Gasteiger partial charge in [0.2, 0.25) is 5.91 Å². The Morgan fingerprint density at radius 1 is 1.43 bits per heavy atom. The number of aromatic amines is 1. The summed E-state index contributed by atoms with van der Waals surface area (Å²) in [6.07, 6.45) is 4.91. The Kier molecular flexibility index (Phi) is 4.16. The van der Waals surface area contributed by atoms with Gasteiger partial charge in [0.05, 0.1) is 11.6 Å². The monoisotopic (exact) mass is 376 g/mol. The Balaban J connectivity index is 1.48. The highest BCUT2D eigenvalue weighted by atomic mass is 79.9. The van der Waals surface area contributed by atoms with Gasteiger partial charge in [0.15, 0.2) is 0 Å². The summed E-state index contributed by atoms with van der Waals surface area (Å²) in [7, 11) is 0. The van der Waals surface area contributed by atoms with Crippen molar-refractivity contribution in [3.05, 3.63) is 33.9 Å². The molecule has 1 unspecified atom stereocenters. The first-order chi connectivity index (χ1) is 11.2. The van der Waals surface area contributed by atoms with Gasteiger partial charge in [-0.3, -0.25) is 4.79 Å². The van der Waals surface area contributed by atoms with Gasteiger partial charge in [-0.05, 0) is 41.3 Å². The topological polar surface area (TPSA) is 45.3 Å². The fraction of sp³-hybridized carbons (Fsp3) is 0.500. The van der Waals surface area contributed by atoms with Crippen LogP contribution in [0.4, 0.5) is 0 Å². The van der Waals surface area contributed by atoms with E-state index in [0.29, 0.717) is 12.5 Å². The predicted octanol–water partition coefficient (Wildman–Crippen LogP) is 3.77. The zero-order chi connectivity index (χ0) is 15.8. The Morgan fingerprint density at radius 3 is 3.17 bits per heavy atom. The van der Waals surface area contributed by atoms with Gasteiger partial charge >= 0.3 is 0 Å². The van der Waals surface area contributed by atoms with Crippen molar-refractivity contribution in [3.63, 3.8) is 0 Å². The lowest BCUT2D eigenvalue weighted by atomic mass is 10.0. The van der Waals surface area contributed by atoms with Gasteiger partial charge in [-0.15, -0.1) is 0 Å². The maximum Gasteiger partial charge on any atom is 0.222 e. The maximum absolute atomic E-state index is 12.5. The van der Waals surface area contributed by atoms with Gasteiger partial charge in [0, 0.05) is 53.7 Å². The second-order valence-corrected chi connectivity index (χ2v) is 7.34. The summed E-state index contributed by atoms with van der Waals surface area (Å²) in [6.45, 7) is 2.38. The number of carbonyl (C=O) groups is 1. The van der Waals surface area contributed by atoms with Crippen molar-refractivity contribution in [1.29, 1.82) is 0 Å². The van der Waals surface area contributed by atoms with Crippen LogP contribution in [-0.2, 0) is 22.5 Å². The lowest BCUT2D eigenvalue weighted by Gasteiger charge is -2.27. The Bertz CT molecular complexity index is 734. The van der Waals surface area contributed by atoms with E-state index in [1.165, 1.54) is 16.6 Å². The quantitative estimate of drug-likeness (QED) is 0.885. The third kappa shape index (κ3) is 2.92. The number of hydrogen-bond acceptors (Lipinski definition) is 2. The molecule has 0 bridgehead atoms. The fourth-order valence-electron chi connectivity index (χ4n) is 3.73. The van der Waals surface area contributed by atoms with Gasteiger partial charge in [-0.2, -0.15) is 0 Å². The van der Waals surface area contributed by atoms with Crippen LogP contribution in [0.15, 0.2) is 22.7 Å². The van der Waals surface area contributed by atoms with Crippen molar-refractivity contribution >= 4 is 32.7 Å². The third-order valence-corrected chi connectivity index (χ3v) is 5.68. The number of nitrogens with zero attached hydrogens (tertiary/aromatic N) is 1. The molecule has 2 aliphatic heterocycles. The molecular weight excluding hydrogens is 356 g/mol. The average Bonchev–Trinajstić information content (AvgIpc) is 3.20. The van der Waals surface area contributed by atoms with Crippen LogP contribution in [0.5, 0.6) is 0 Å². The van der Waals surface area contributed by atoms with Crippen LogP contribution < -0.4 is 0 Å². The van der Waals surface area contributed by atoms with E-state index in [1.54, 1.807) is 0 Å². The van der Waals surface area contributed by atoms with Gasteiger partial charge in [0.25, 0.3) is 0 Å². The molecular formula is C18H21BrN2O2. The van der Waals surface area contributed by atoms with E-state index in [2.05, 4.69) is 39.1 Å². The van der Waals surface area contributed by atoms with Gasteiger partial charge in [0.1, 0.15) is 0 Å². The Labute approximate surface area is 144 Å². The number of nitrogens with one attached hydrogen (secondary N) is 1. The number of para-hydroxylation sites is 1. The molecule has 122 valence electrons. The summed E-state index contributed by atoms with van der Waals surface area (Å²) in [6, 6.07) is 6.24. The second-order valence-electron chi connectivity index (χ2n) is 6.48. The van der Waals surface area contributed by atoms with E-state index in [9.17, 15) is 4.79 Å². The minimum Gasteiger partial charge on any atom is -0.378 e. The van der Waals surface area contributed by atoms with E-state index >= 15 is 0 Å². The van der Waals surface area contributed by atoms with Crippen molar-refractivity contribution in [2.24, 2.45) is 0 Å². The van der Waals surface area contributed by atoms with Crippen molar-refractivity contribution in [2.45, 2.75) is 44.8 Å². The standard InChI is InChI=1S/C18H21BrN2O2/c19-15-5-1-4-13-14-11-21(9-8-16(14)20-18(13)15)17(22)7-6-12-3-2-10-23-12/h1,4-5,12,20H,2-3,6-11H2. The molecule has 4 rings (SSSR count). The molecule has 1 saturated heterocycles. The van der Waals surface area contributed by atoms with Crippen LogP contribution in [0.1, 0.15) is 36.9 Å². The average molecular weight is 377 g/mol. The second kappa shape index (κ2) is 6.29. The summed E-state index contributed by atoms with van der Waals surface area (Å²) >= 11 is 3.60. The first kappa shape index (κ1) is 15.2. The minimum atomic E-state index is 0.260. The molecule has 1 aromatic heterocycles. The molecule has 1 fully saturated rings.